The Morgan fingerprint density at radius 2 is 1.77 bits per heavy atom. The second-order valence-corrected chi connectivity index (χ2v) is 6.97. The lowest BCUT2D eigenvalue weighted by Crippen LogP contribution is -2.32. The summed E-state index contributed by atoms with van der Waals surface area (Å²) in [7, 11) is 0. The molecule has 0 saturated heterocycles. The minimum absolute atomic E-state index is 0.0428. The number of hydrogen-bond acceptors (Lipinski definition) is 2. The summed E-state index contributed by atoms with van der Waals surface area (Å²) in [5, 5.41) is 0. The van der Waals surface area contributed by atoms with Crippen LogP contribution in [0.5, 0.6) is 5.75 Å². The lowest BCUT2D eigenvalue weighted by atomic mass is 9.70. The van der Waals surface area contributed by atoms with Gasteiger partial charge < -0.3 is 9.53 Å². The normalized spacial score (nSPS) is 16.3. The number of rotatable bonds is 6. The van der Waals surface area contributed by atoms with Crippen molar-refractivity contribution in [3.05, 3.63) is 53.6 Å². The largest absolute Gasteiger partial charge is 0.490 e. The van der Waals surface area contributed by atoms with Crippen LogP contribution >= 0.6 is 0 Å². The Bertz CT molecular complexity index is 780. The number of benzene rings is 2. The van der Waals surface area contributed by atoms with Crippen LogP contribution in [-0.4, -0.2) is 12.9 Å². The van der Waals surface area contributed by atoms with Gasteiger partial charge in [-0.25, -0.2) is 8.78 Å². The monoisotopic (exact) mass is 358 g/mol. The predicted molar refractivity (Wildman–Crippen MR) is 98.4 cm³/mol. The fourth-order valence-electron chi connectivity index (χ4n) is 3.81. The molecule has 1 saturated carbocycles. The maximum Gasteiger partial charge on any atom is 0.169 e. The van der Waals surface area contributed by atoms with Crippen LogP contribution < -0.4 is 4.74 Å². The molecular weight excluding hydrogens is 334 g/mol. The zero-order chi connectivity index (χ0) is 18.6. The third-order valence-corrected chi connectivity index (χ3v) is 5.22. The first-order valence-corrected chi connectivity index (χ1v) is 9.30. The van der Waals surface area contributed by atoms with E-state index in [-0.39, 0.29) is 5.75 Å². The van der Waals surface area contributed by atoms with E-state index >= 15 is 4.39 Å². The Morgan fingerprint density at radius 1 is 1.04 bits per heavy atom. The molecule has 26 heavy (non-hydrogen) atoms. The highest BCUT2D eigenvalue weighted by molar-refractivity contribution is 5.75. The van der Waals surface area contributed by atoms with Gasteiger partial charge in [-0.15, -0.1) is 0 Å². The van der Waals surface area contributed by atoms with E-state index in [2.05, 4.69) is 0 Å². The first-order chi connectivity index (χ1) is 12.6. The number of hydrogen-bond donors (Lipinski definition) is 0. The summed E-state index contributed by atoms with van der Waals surface area (Å²) in [6.07, 6.45) is 5.73. The van der Waals surface area contributed by atoms with E-state index in [9.17, 15) is 9.18 Å². The second-order valence-electron chi connectivity index (χ2n) is 6.97. The van der Waals surface area contributed by atoms with Gasteiger partial charge in [-0.1, -0.05) is 56.5 Å². The van der Waals surface area contributed by atoms with Crippen molar-refractivity contribution in [1.29, 1.82) is 0 Å². The molecule has 1 aliphatic rings. The maximum absolute atomic E-state index is 15.5. The molecule has 0 atom stereocenters. The Balaban J connectivity index is 2.15. The third kappa shape index (κ3) is 3.37. The number of ether oxygens (including phenoxy) is 1. The average molecular weight is 358 g/mol. The van der Waals surface area contributed by atoms with Gasteiger partial charge in [-0.2, -0.15) is 0 Å². The summed E-state index contributed by atoms with van der Waals surface area (Å²) in [5.74, 6) is -0.918. The van der Waals surface area contributed by atoms with Gasteiger partial charge in [-0.3, -0.25) is 0 Å². The van der Waals surface area contributed by atoms with E-state index in [1.54, 1.807) is 30.3 Å². The standard InChI is InChI=1S/C22H24F2O2/c1-2-14-26-21-17(16-8-4-5-9-19(16)23)10-11-18(20(21)24)22(15-25)12-6-3-7-13-22/h4-5,8-11,15H,2-3,6-7,12-14H2,1H3. The number of aldehydes is 1. The Morgan fingerprint density at radius 3 is 2.42 bits per heavy atom. The molecule has 0 amide bonds. The molecule has 1 aliphatic carbocycles. The SMILES string of the molecule is CCCOc1c(-c2ccccc2F)ccc(C2(C=O)CCCCC2)c1F. The van der Waals surface area contributed by atoms with Crippen LogP contribution in [0.1, 0.15) is 51.0 Å². The van der Waals surface area contributed by atoms with Crippen molar-refractivity contribution in [3.8, 4) is 16.9 Å². The van der Waals surface area contributed by atoms with Crippen molar-refractivity contribution in [2.45, 2.75) is 50.9 Å². The smallest absolute Gasteiger partial charge is 0.169 e. The molecule has 2 aromatic carbocycles. The van der Waals surface area contributed by atoms with Crippen molar-refractivity contribution < 1.29 is 18.3 Å². The van der Waals surface area contributed by atoms with Gasteiger partial charge in [-0.05, 0) is 25.3 Å². The molecule has 0 aromatic heterocycles. The highest BCUT2D eigenvalue weighted by Crippen LogP contribution is 2.44. The highest BCUT2D eigenvalue weighted by Gasteiger charge is 2.37. The van der Waals surface area contributed by atoms with Gasteiger partial charge in [0, 0.05) is 16.7 Å². The van der Waals surface area contributed by atoms with E-state index in [0.717, 1.165) is 25.5 Å². The van der Waals surface area contributed by atoms with Gasteiger partial charge in [0.25, 0.3) is 0 Å². The van der Waals surface area contributed by atoms with E-state index in [0.29, 0.717) is 42.6 Å². The molecule has 2 nitrogen and oxygen atoms in total. The summed E-state index contributed by atoms with van der Waals surface area (Å²) in [6, 6.07) is 9.58. The van der Waals surface area contributed by atoms with Crippen LogP contribution in [-0.2, 0) is 10.2 Å². The van der Waals surface area contributed by atoms with Crippen LogP contribution in [0.15, 0.2) is 36.4 Å². The second kappa shape index (κ2) is 7.98. The summed E-state index contributed by atoms with van der Waals surface area (Å²) < 4.78 is 35.4. The van der Waals surface area contributed by atoms with Crippen molar-refractivity contribution in [2.75, 3.05) is 6.61 Å². The minimum Gasteiger partial charge on any atom is -0.490 e. The van der Waals surface area contributed by atoms with Crippen LogP contribution in [0, 0.1) is 11.6 Å². The van der Waals surface area contributed by atoms with Crippen molar-refractivity contribution in [1.82, 2.24) is 0 Å². The summed E-state index contributed by atoms with van der Waals surface area (Å²) in [4.78, 5) is 11.9. The summed E-state index contributed by atoms with van der Waals surface area (Å²) in [5.41, 5.74) is 0.251. The average Bonchev–Trinajstić information content (AvgIpc) is 2.68. The first kappa shape index (κ1) is 18.6. The number of halogens is 2. The quantitative estimate of drug-likeness (QED) is 0.608. The molecule has 0 unspecified atom stereocenters. The van der Waals surface area contributed by atoms with Crippen molar-refractivity contribution in [2.24, 2.45) is 0 Å². The zero-order valence-corrected chi connectivity index (χ0v) is 15.1. The molecule has 0 spiro atoms. The van der Waals surface area contributed by atoms with E-state index < -0.39 is 17.0 Å². The third-order valence-electron chi connectivity index (χ3n) is 5.22. The molecule has 0 N–H and O–H groups in total. The lowest BCUT2D eigenvalue weighted by Gasteiger charge is -2.33. The molecule has 0 bridgehead atoms. The fourth-order valence-corrected chi connectivity index (χ4v) is 3.81. The van der Waals surface area contributed by atoms with Gasteiger partial charge in [0.1, 0.15) is 12.1 Å². The van der Waals surface area contributed by atoms with E-state index in [4.69, 9.17) is 4.74 Å². The predicted octanol–water partition coefficient (Wildman–Crippen LogP) is 5.82. The van der Waals surface area contributed by atoms with Gasteiger partial charge in [0.05, 0.1) is 12.0 Å². The van der Waals surface area contributed by atoms with Crippen LogP contribution in [0.2, 0.25) is 0 Å². The minimum atomic E-state index is -0.805. The highest BCUT2D eigenvalue weighted by atomic mass is 19.1. The molecule has 4 heteroatoms. The van der Waals surface area contributed by atoms with Gasteiger partial charge in [0.15, 0.2) is 11.6 Å². The van der Waals surface area contributed by atoms with E-state index in [1.165, 1.54) is 6.07 Å². The molecule has 3 rings (SSSR count). The van der Waals surface area contributed by atoms with Gasteiger partial charge >= 0.3 is 0 Å². The molecule has 1 fully saturated rings. The molecule has 138 valence electrons. The Hall–Kier alpha value is -2.23. The maximum atomic E-state index is 15.5. The van der Waals surface area contributed by atoms with Crippen LogP contribution in [0.4, 0.5) is 8.78 Å². The topological polar surface area (TPSA) is 26.3 Å². The Labute approximate surface area is 153 Å². The molecule has 2 aromatic rings. The fraction of sp³-hybridized carbons (Fsp3) is 0.409. The first-order valence-electron chi connectivity index (χ1n) is 9.30. The summed E-state index contributed by atoms with van der Waals surface area (Å²) >= 11 is 0. The van der Waals surface area contributed by atoms with Crippen molar-refractivity contribution >= 4 is 6.29 Å². The summed E-state index contributed by atoms with van der Waals surface area (Å²) in [6.45, 7) is 2.26. The van der Waals surface area contributed by atoms with Crippen LogP contribution in [0.3, 0.4) is 0 Å². The molecule has 0 heterocycles. The van der Waals surface area contributed by atoms with Crippen molar-refractivity contribution in [3.63, 3.8) is 0 Å². The Kier molecular flexibility index (Phi) is 5.70. The molecule has 0 aliphatic heterocycles. The van der Waals surface area contributed by atoms with Gasteiger partial charge in [0.2, 0.25) is 0 Å². The van der Waals surface area contributed by atoms with E-state index in [1.807, 2.05) is 6.92 Å². The lowest BCUT2D eigenvalue weighted by molar-refractivity contribution is -0.113. The van der Waals surface area contributed by atoms with Crippen LogP contribution in [0.25, 0.3) is 11.1 Å². The molecular formula is C22H24F2O2. The molecule has 0 radical (unpaired) electrons. The number of carbonyl (C=O) groups is 1. The number of carbonyl (C=O) groups excluding carboxylic acids is 1. The zero-order valence-electron chi connectivity index (χ0n) is 15.1.